The van der Waals surface area contributed by atoms with Crippen LogP contribution in [0.2, 0.25) is 0 Å². The molecule has 5 nitrogen and oxygen atoms in total. The molecule has 1 aromatic carbocycles. The minimum absolute atomic E-state index is 0. The summed E-state index contributed by atoms with van der Waals surface area (Å²) in [6, 6.07) is 7.31. The van der Waals surface area contributed by atoms with Crippen molar-refractivity contribution >= 4 is 24.1 Å². The topological polar surface area (TPSA) is 67.4 Å². The van der Waals surface area contributed by atoms with Crippen molar-refractivity contribution in [3.05, 3.63) is 29.8 Å². The van der Waals surface area contributed by atoms with Gasteiger partial charge in [-0.25, -0.2) is 0 Å². The van der Waals surface area contributed by atoms with Gasteiger partial charge in [-0.05, 0) is 51.1 Å². The van der Waals surface area contributed by atoms with E-state index >= 15 is 0 Å². The molecule has 0 saturated carbocycles. The van der Waals surface area contributed by atoms with E-state index in [9.17, 15) is 9.59 Å². The molecule has 0 aliphatic heterocycles. The van der Waals surface area contributed by atoms with Crippen molar-refractivity contribution in [1.82, 2.24) is 10.6 Å². The molecule has 0 spiro atoms. The van der Waals surface area contributed by atoms with Crippen molar-refractivity contribution in [3.63, 3.8) is 0 Å². The smallest absolute Gasteiger partial charge is 0.220 e. The molecular formula is C17H27ClN2O3. The van der Waals surface area contributed by atoms with E-state index in [1.54, 1.807) is 24.3 Å². The number of Topliss-reactive ketones (excluding diaryl/α,β-unsaturated/α-hetero) is 1. The Bertz CT molecular complexity index is 477. The van der Waals surface area contributed by atoms with Gasteiger partial charge in [0.2, 0.25) is 5.91 Å². The number of carbonyl (C=O) groups excluding carboxylic acids is 2. The van der Waals surface area contributed by atoms with E-state index in [-0.39, 0.29) is 30.1 Å². The van der Waals surface area contributed by atoms with Crippen LogP contribution in [0.5, 0.6) is 5.75 Å². The molecule has 6 heteroatoms. The number of rotatable bonds is 10. The van der Waals surface area contributed by atoms with Crippen LogP contribution in [0.15, 0.2) is 24.3 Å². The highest BCUT2D eigenvalue weighted by atomic mass is 35.5. The molecule has 1 rings (SSSR count). The number of benzene rings is 1. The third kappa shape index (κ3) is 9.21. The fourth-order valence-electron chi connectivity index (χ4n) is 1.98. The molecule has 0 fully saturated rings. The van der Waals surface area contributed by atoms with Crippen LogP contribution in [-0.4, -0.2) is 37.4 Å². The third-order valence-electron chi connectivity index (χ3n) is 3.24. The summed E-state index contributed by atoms with van der Waals surface area (Å²) < 4.78 is 5.55. The predicted molar refractivity (Wildman–Crippen MR) is 94.6 cm³/mol. The second-order valence-corrected chi connectivity index (χ2v) is 5.30. The zero-order valence-corrected chi connectivity index (χ0v) is 14.9. The van der Waals surface area contributed by atoms with Gasteiger partial charge >= 0.3 is 0 Å². The van der Waals surface area contributed by atoms with E-state index in [0.717, 1.165) is 6.54 Å². The SMILES string of the molecule is CCN[C@H](C)CNC(=O)CCCOc1ccc(C(C)=O)cc1.Cl. The molecule has 23 heavy (non-hydrogen) atoms. The lowest BCUT2D eigenvalue weighted by atomic mass is 10.1. The molecule has 1 amide bonds. The van der Waals surface area contributed by atoms with Crippen LogP contribution >= 0.6 is 12.4 Å². The molecule has 0 aromatic heterocycles. The van der Waals surface area contributed by atoms with Crippen LogP contribution < -0.4 is 15.4 Å². The highest BCUT2D eigenvalue weighted by Crippen LogP contribution is 2.12. The van der Waals surface area contributed by atoms with Gasteiger partial charge < -0.3 is 15.4 Å². The van der Waals surface area contributed by atoms with Crippen LogP contribution in [0.3, 0.4) is 0 Å². The molecule has 0 radical (unpaired) electrons. The van der Waals surface area contributed by atoms with Crippen LogP contribution in [-0.2, 0) is 4.79 Å². The van der Waals surface area contributed by atoms with Gasteiger partial charge in [-0.2, -0.15) is 0 Å². The molecule has 0 aliphatic carbocycles. The number of ketones is 1. The molecule has 0 bridgehead atoms. The minimum Gasteiger partial charge on any atom is -0.494 e. The molecule has 1 aromatic rings. The second-order valence-electron chi connectivity index (χ2n) is 5.30. The predicted octanol–water partition coefficient (Wildman–Crippen LogP) is 2.58. The van der Waals surface area contributed by atoms with Gasteiger partial charge in [0.05, 0.1) is 6.61 Å². The Labute approximate surface area is 144 Å². The van der Waals surface area contributed by atoms with Crippen molar-refractivity contribution in [3.8, 4) is 5.75 Å². The molecular weight excluding hydrogens is 316 g/mol. The van der Waals surface area contributed by atoms with E-state index in [1.807, 2.05) is 13.8 Å². The maximum absolute atomic E-state index is 11.7. The summed E-state index contributed by atoms with van der Waals surface area (Å²) in [5.74, 6) is 0.793. The van der Waals surface area contributed by atoms with E-state index in [0.29, 0.717) is 37.3 Å². The first-order valence-electron chi connectivity index (χ1n) is 7.76. The first kappa shape index (κ1) is 21.4. The van der Waals surface area contributed by atoms with E-state index < -0.39 is 0 Å². The Morgan fingerprint density at radius 1 is 1.22 bits per heavy atom. The molecule has 0 unspecified atom stereocenters. The van der Waals surface area contributed by atoms with Crippen molar-refractivity contribution in [2.75, 3.05) is 19.7 Å². The molecule has 0 saturated heterocycles. The fourth-order valence-corrected chi connectivity index (χ4v) is 1.98. The summed E-state index contributed by atoms with van der Waals surface area (Å²) in [5, 5.41) is 6.13. The summed E-state index contributed by atoms with van der Waals surface area (Å²) in [6.07, 6.45) is 1.11. The van der Waals surface area contributed by atoms with Gasteiger partial charge in [0, 0.05) is 24.6 Å². The number of nitrogens with one attached hydrogen (secondary N) is 2. The Balaban J connectivity index is 0.00000484. The summed E-state index contributed by atoms with van der Waals surface area (Å²) in [4.78, 5) is 22.8. The highest BCUT2D eigenvalue weighted by molar-refractivity contribution is 5.94. The maximum Gasteiger partial charge on any atom is 0.220 e. The van der Waals surface area contributed by atoms with E-state index in [1.165, 1.54) is 6.92 Å². The number of halogens is 1. The van der Waals surface area contributed by atoms with Gasteiger partial charge in [0.25, 0.3) is 0 Å². The zero-order valence-electron chi connectivity index (χ0n) is 14.1. The van der Waals surface area contributed by atoms with Crippen molar-refractivity contribution in [2.45, 2.75) is 39.7 Å². The van der Waals surface area contributed by atoms with Gasteiger partial charge in [0.15, 0.2) is 5.78 Å². The van der Waals surface area contributed by atoms with Crippen molar-refractivity contribution in [2.24, 2.45) is 0 Å². The van der Waals surface area contributed by atoms with Crippen LogP contribution in [0.4, 0.5) is 0 Å². The number of hydrogen-bond donors (Lipinski definition) is 2. The summed E-state index contributed by atoms with van der Waals surface area (Å²) in [7, 11) is 0. The minimum atomic E-state index is 0. The number of likely N-dealkylation sites (N-methyl/N-ethyl adjacent to an activating group) is 1. The Hall–Kier alpha value is -1.59. The normalized spacial score (nSPS) is 11.3. The molecule has 2 N–H and O–H groups in total. The van der Waals surface area contributed by atoms with Gasteiger partial charge in [-0.15, -0.1) is 12.4 Å². The van der Waals surface area contributed by atoms with Crippen molar-refractivity contribution in [1.29, 1.82) is 0 Å². The van der Waals surface area contributed by atoms with E-state index in [4.69, 9.17) is 4.74 Å². The largest absolute Gasteiger partial charge is 0.494 e. The zero-order chi connectivity index (χ0) is 16.4. The Morgan fingerprint density at radius 2 is 1.87 bits per heavy atom. The second kappa shape index (κ2) is 11.9. The maximum atomic E-state index is 11.7. The number of amides is 1. The van der Waals surface area contributed by atoms with Crippen molar-refractivity contribution < 1.29 is 14.3 Å². The quantitative estimate of drug-likeness (QED) is 0.506. The summed E-state index contributed by atoms with van der Waals surface area (Å²) >= 11 is 0. The average Bonchev–Trinajstić information content (AvgIpc) is 2.50. The lowest BCUT2D eigenvalue weighted by molar-refractivity contribution is -0.121. The monoisotopic (exact) mass is 342 g/mol. The van der Waals surface area contributed by atoms with Crippen LogP contribution in [0.1, 0.15) is 44.0 Å². The summed E-state index contributed by atoms with van der Waals surface area (Å²) in [6.45, 7) is 7.63. The molecule has 1 atom stereocenters. The number of hydrogen-bond acceptors (Lipinski definition) is 4. The number of carbonyl (C=O) groups is 2. The molecule has 0 aliphatic rings. The lowest BCUT2D eigenvalue weighted by Gasteiger charge is -2.13. The third-order valence-corrected chi connectivity index (χ3v) is 3.24. The first-order chi connectivity index (χ1) is 10.5. The summed E-state index contributed by atoms with van der Waals surface area (Å²) in [5.41, 5.74) is 0.668. The standard InChI is InChI=1S/C17H26N2O3.ClH/c1-4-18-13(2)12-19-17(21)6-5-11-22-16-9-7-15(8-10-16)14(3)20;/h7-10,13,18H,4-6,11-12H2,1-3H3,(H,19,21);1H/t13-;/m1./s1. The van der Waals surface area contributed by atoms with Gasteiger partial charge in [-0.1, -0.05) is 6.92 Å². The fraction of sp³-hybridized carbons (Fsp3) is 0.529. The molecule has 130 valence electrons. The van der Waals surface area contributed by atoms with Gasteiger partial charge in [-0.3, -0.25) is 9.59 Å². The average molecular weight is 343 g/mol. The number of ether oxygens (including phenoxy) is 1. The van der Waals surface area contributed by atoms with Crippen LogP contribution in [0.25, 0.3) is 0 Å². The van der Waals surface area contributed by atoms with E-state index in [2.05, 4.69) is 10.6 Å². The molecule has 0 heterocycles. The Morgan fingerprint density at radius 3 is 2.43 bits per heavy atom. The first-order valence-corrected chi connectivity index (χ1v) is 7.76. The lowest BCUT2D eigenvalue weighted by Crippen LogP contribution is -2.38. The van der Waals surface area contributed by atoms with Gasteiger partial charge in [0.1, 0.15) is 5.75 Å². The van der Waals surface area contributed by atoms with Crippen LogP contribution in [0, 0.1) is 0 Å². The highest BCUT2D eigenvalue weighted by Gasteiger charge is 2.05. The Kier molecular flexibility index (Phi) is 11.1.